The summed E-state index contributed by atoms with van der Waals surface area (Å²) in [6.07, 6.45) is 0. The SMILES string of the molecule is CCOc1ccc(C2(C(=O)O)COC2)cc1Cl. The van der Waals surface area contributed by atoms with Crippen molar-refractivity contribution in [3.8, 4) is 5.75 Å². The Morgan fingerprint density at radius 2 is 2.29 bits per heavy atom. The van der Waals surface area contributed by atoms with Crippen molar-refractivity contribution in [2.75, 3.05) is 19.8 Å². The van der Waals surface area contributed by atoms with Crippen molar-refractivity contribution in [1.82, 2.24) is 0 Å². The molecule has 1 fully saturated rings. The van der Waals surface area contributed by atoms with E-state index in [1.807, 2.05) is 6.92 Å². The van der Waals surface area contributed by atoms with Crippen LogP contribution in [0.15, 0.2) is 18.2 Å². The number of hydrogen-bond donors (Lipinski definition) is 1. The maximum absolute atomic E-state index is 11.3. The summed E-state index contributed by atoms with van der Waals surface area (Å²) in [6.45, 7) is 2.76. The molecule has 1 aromatic carbocycles. The number of rotatable bonds is 4. The van der Waals surface area contributed by atoms with E-state index < -0.39 is 11.4 Å². The van der Waals surface area contributed by atoms with Crippen LogP contribution in [0.25, 0.3) is 0 Å². The Morgan fingerprint density at radius 1 is 1.59 bits per heavy atom. The summed E-state index contributed by atoms with van der Waals surface area (Å²) >= 11 is 6.04. The van der Waals surface area contributed by atoms with E-state index in [1.165, 1.54) is 0 Å². The lowest BCUT2D eigenvalue weighted by molar-refractivity contribution is -0.163. The minimum absolute atomic E-state index is 0.187. The first-order chi connectivity index (χ1) is 8.10. The molecule has 0 atom stereocenters. The molecule has 0 radical (unpaired) electrons. The van der Waals surface area contributed by atoms with E-state index >= 15 is 0 Å². The van der Waals surface area contributed by atoms with Crippen LogP contribution in [-0.4, -0.2) is 30.9 Å². The molecule has 0 spiro atoms. The minimum atomic E-state index is -0.950. The summed E-state index contributed by atoms with van der Waals surface area (Å²) in [4.78, 5) is 11.3. The topological polar surface area (TPSA) is 55.8 Å². The van der Waals surface area contributed by atoms with Gasteiger partial charge in [-0.3, -0.25) is 4.79 Å². The Bertz CT molecular complexity index is 440. The molecule has 1 aromatic rings. The highest BCUT2D eigenvalue weighted by atomic mass is 35.5. The molecule has 0 saturated carbocycles. The number of halogens is 1. The second-order valence-electron chi connectivity index (χ2n) is 3.96. The van der Waals surface area contributed by atoms with Crippen LogP contribution in [0, 0.1) is 0 Å². The quantitative estimate of drug-likeness (QED) is 0.896. The molecule has 0 aliphatic carbocycles. The largest absolute Gasteiger partial charge is 0.492 e. The third-order valence-corrected chi connectivity index (χ3v) is 3.19. The maximum atomic E-state index is 11.3. The summed E-state index contributed by atoms with van der Waals surface area (Å²) in [5.74, 6) is -0.317. The second-order valence-corrected chi connectivity index (χ2v) is 4.37. The van der Waals surface area contributed by atoms with Gasteiger partial charge >= 0.3 is 5.97 Å². The Kier molecular flexibility index (Phi) is 3.26. The van der Waals surface area contributed by atoms with Gasteiger partial charge in [0.2, 0.25) is 0 Å². The standard InChI is InChI=1S/C12H13ClO4/c1-2-17-10-4-3-8(5-9(10)13)12(11(14)15)6-16-7-12/h3-5H,2,6-7H2,1H3,(H,14,15). The van der Waals surface area contributed by atoms with Gasteiger partial charge in [0.1, 0.15) is 11.2 Å². The first-order valence-corrected chi connectivity index (χ1v) is 5.72. The van der Waals surface area contributed by atoms with Gasteiger partial charge in [0, 0.05) is 0 Å². The fourth-order valence-electron chi connectivity index (χ4n) is 1.79. The van der Waals surface area contributed by atoms with E-state index in [-0.39, 0.29) is 13.2 Å². The second kappa shape index (κ2) is 4.55. The Balaban J connectivity index is 2.34. The molecule has 5 heteroatoms. The Hall–Kier alpha value is -1.26. The van der Waals surface area contributed by atoms with E-state index in [0.29, 0.717) is 22.9 Å². The smallest absolute Gasteiger partial charge is 0.318 e. The van der Waals surface area contributed by atoms with E-state index in [9.17, 15) is 9.90 Å². The van der Waals surface area contributed by atoms with E-state index in [2.05, 4.69) is 0 Å². The highest BCUT2D eigenvalue weighted by Gasteiger charge is 2.48. The van der Waals surface area contributed by atoms with Crippen LogP contribution in [0.1, 0.15) is 12.5 Å². The summed E-state index contributed by atoms with van der Waals surface area (Å²) in [5, 5.41) is 9.67. The number of carboxylic acid groups (broad SMARTS) is 1. The predicted octanol–water partition coefficient (Wildman–Crippen LogP) is 2.09. The molecule has 0 aromatic heterocycles. The van der Waals surface area contributed by atoms with Crippen molar-refractivity contribution in [2.45, 2.75) is 12.3 Å². The van der Waals surface area contributed by atoms with Gasteiger partial charge in [-0.2, -0.15) is 0 Å². The molecule has 0 unspecified atom stereocenters. The van der Waals surface area contributed by atoms with Crippen LogP contribution in [0.2, 0.25) is 5.02 Å². The van der Waals surface area contributed by atoms with Gasteiger partial charge in [0.25, 0.3) is 0 Å². The third kappa shape index (κ3) is 1.98. The first-order valence-electron chi connectivity index (χ1n) is 5.34. The van der Waals surface area contributed by atoms with Crippen molar-refractivity contribution < 1.29 is 19.4 Å². The molecule has 0 amide bonds. The number of ether oxygens (including phenoxy) is 2. The average molecular weight is 257 g/mol. The van der Waals surface area contributed by atoms with Gasteiger partial charge in [-0.15, -0.1) is 0 Å². The fourth-order valence-corrected chi connectivity index (χ4v) is 2.03. The highest BCUT2D eigenvalue weighted by Crippen LogP contribution is 2.36. The molecule has 1 aliphatic heterocycles. The van der Waals surface area contributed by atoms with E-state index in [1.54, 1.807) is 18.2 Å². The highest BCUT2D eigenvalue weighted by molar-refractivity contribution is 6.32. The summed E-state index contributed by atoms with van der Waals surface area (Å²) in [5.41, 5.74) is -0.293. The van der Waals surface area contributed by atoms with Crippen LogP contribution in [-0.2, 0) is 14.9 Å². The number of carboxylic acids is 1. The monoisotopic (exact) mass is 256 g/mol. The van der Waals surface area contributed by atoms with Crippen molar-refractivity contribution in [1.29, 1.82) is 0 Å². The predicted molar refractivity (Wildman–Crippen MR) is 62.8 cm³/mol. The normalized spacial score (nSPS) is 17.3. The van der Waals surface area contributed by atoms with Gasteiger partial charge in [-0.05, 0) is 24.6 Å². The maximum Gasteiger partial charge on any atom is 0.318 e. The minimum Gasteiger partial charge on any atom is -0.492 e. The molecule has 17 heavy (non-hydrogen) atoms. The van der Waals surface area contributed by atoms with Crippen LogP contribution in [0.3, 0.4) is 0 Å². The molecule has 1 aliphatic rings. The molecule has 92 valence electrons. The van der Waals surface area contributed by atoms with Gasteiger partial charge in [0.05, 0.1) is 24.8 Å². The van der Waals surface area contributed by atoms with Crippen LogP contribution in [0.5, 0.6) is 5.75 Å². The number of carbonyl (C=O) groups is 1. The fraction of sp³-hybridized carbons (Fsp3) is 0.417. The summed E-state index contributed by atoms with van der Waals surface area (Å²) in [7, 11) is 0. The van der Waals surface area contributed by atoms with Crippen LogP contribution >= 0.6 is 11.6 Å². The molecule has 1 heterocycles. The summed E-state index contributed by atoms with van der Waals surface area (Å²) in [6, 6.07) is 5.07. The summed E-state index contributed by atoms with van der Waals surface area (Å²) < 4.78 is 10.3. The van der Waals surface area contributed by atoms with Gasteiger partial charge in [0.15, 0.2) is 0 Å². The van der Waals surface area contributed by atoms with Gasteiger partial charge < -0.3 is 14.6 Å². The lowest BCUT2D eigenvalue weighted by atomic mass is 9.79. The van der Waals surface area contributed by atoms with Crippen molar-refractivity contribution in [3.05, 3.63) is 28.8 Å². The van der Waals surface area contributed by atoms with E-state index in [0.717, 1.165) is 0 Å². The molecule has 1 N–H and O–H groups in total. The molecule has 1 saturated heterocycles. The van der Waals surface area contributed by atoms with Crippen molar-refractivity contribution >= 4 is 17.6 Å². The van der Waals surface area contributed by atoms with Crippen molar-refractivity contribution in [3.63, 3.8) is 0 Å². The molecule has 2 rings (SSSR count). The number of hydrogen-bond acceptors (Lipinski definition) is 3. The molecule has 0 bridgehead atoms. The number of aliphatic carboxylic acids is 1. The third-order valence-electron chi connectivity index (χ3n) is 2.89. The Morgan fingerprint density at radius 3 is 2.71 bits per heavy atom. The molecular weight excluding hydrogens is 244 g/mol. The van der Waals surface area contributed by atoms with E-state index in [4.69, 9.17) is 21.1 Å². The Labute approximate surface area is 104 Å². The lowest BCUT2D eigenvalue weighted by Crippen LogP contribution is -2.53. The van der Waals surface area contributed by atoms with Gasteiger partial charge in [-0.1, -0.05) is 17.7 Å². The zero-order chi connectivity index (χ0) is 12.5. The molecular formula is C12H13ClO4. The van der Waals surface area contributed by atoms with Crippen molar-refractivity contribution in [2.24, 2.45) is 0 Å². The first kappa shape index (κ1) is 12.2. The van der Waals surface area contributed by atoms with Crippen LogP contribution in [0.4, 0.5) is 0 Å². The van der Waals surface area contributed by atoms with Gasteiger partial charge in [-0.25, -0.2) is 0 Å². The average Bonchev–Trinajstić information content (AvgIpc) is 2.20. The van der Waals surface area contributed by atoms with Crippen LogP contribution < -0.4 is 4.74 Å². The molecule has 4 nitrogen and oxygen atoms in total. The zero-order valence-electron chi connectivity index (χ0n) is 9.40. The zero-order valence-corrected chi connectivity index (χ0v) is 10.2. The lowest BCUT2D eigenvalue weighted by Gasteiger charge is -2.37. The number of benzene rings is 1.